The second kappa shape index (κ2) is 9.69. The maximum atomic E-state index is 12.6. The molecular weight excluding hydrogens is 371 g/mol. The minimum atomic E-state index is -4.49. The Balaban J connectivity index is 0.000000828. The number of aliphatic hydroxyl groups is 1. The molecule has 0 saturated heterocycles. The van der Waals surface area contributed by atoms with E-state index in [9.17, 15) is 27.6 Å². The summed E-state index contributed by atoms with van der Waals surface area (Å²) in [6.07, 6.45) is -4.61. The Morgan fingerprint density at radius 3 is 2.30 bits per heavy atom. The van der Waals surface area contributed by atoms with Crippen LogP contribution in [0, 0.1) is 0 Å². The van der Waals surface area contributed by atoms with Gasteiger partial charge in [-0.15, -0.1) is 0 Å². The van der Waals surface area contributed by atoms with Crippen molar-refractivity contribution in [2.45, 2.75) is 19.0 Å². The number of aromatic nitrogens is 2. The molecule has 0 aliphatic heterocycles. The van der Waals surface area contributed by atoms with Crippen LogP contribution in [0.3, 0.4) is 0 Å². The van der Waals surface area contributed by atoms with E-state index in [0.717, 1.165) is 12.1 Å². The molecule has 0 amide bonds. The number of halogens is 3. The molecule has 0 aliphatic rings. The van der Waals surface area contributed by atoms with Crippen molar-refractivity contribution < 1.29 is 28.2 Å². The van der Waals surface area contributed by atoms with Gasteiger partial charge in [0, 0.05) is 12.1 Å². The maximum Gasteiger partial charge on any atom is 0.416 e. The number of carboxylic acids is 1. The van der Waals surface area contributed by atoms with Crippen molar-refractivity contribution in [3.63, 3.8) is 0 Å². The highest BCUT2D eigenvalue weighted by molar-refractivity contribution is 5.86. The predicted octanol–water partition coefficient (Wildman–Crippen LogP) is 0.503. The van der Waals surface area contributed by atoms with E-state index in [2.05, 4.69) is 0 Å². The summed E-state index contributed by atoms with van der Waals surface area (Å²) in [6, 6.07) is 4.52. The summed E-state index contributed by atoms with van der Waals surface area (Å²) in [4.78, 5) is 37.7. The number of aromatic amines is 2. The second-order valence-electron chi connectivity index (χ2n) is 5.28. The van der Waals surface area contributed by atoms with Gasteiger partial charge in [-0.05, 0) is 24.5 Å². The van der Waals surface area contributed by atoms with Crippen LogP contribution in [0.15, 0.2) is 33.9 Å². The van der Waals surface area contributed by atoms with Gasteiger partial charge in [-0.25, -0.2) is 9.59 Å². The first-order chi connectivity index (χ1) is 12.6. The minimum Gasteiger partial charge on any atom is -0.477 e. The quantitative estimate of drug-likeness (QED) is 0.503. The Morgan fingerprint density at radius 2 is 1.78 bits per heavy atom. The number of hydrogen-bond donors (Lipinski definition) is 5. The molecule has 1 aromatic heterocycles. The molecule has 1 aromatic carbocycles. The highest BCUT2D eigenvalue weighted by atomic mass is 19.4. The zero-order chi connectivity index (χ0) is 20.6. The highest BCUT2D eigenvalue weighted by Gasteiger charge is 2.30. The number of alkyl halides is 3. The molecule has 27 heavy (non-hydrogen) atoms. The number of benzene rings is 1. The van der Waals surface area contributed by atoms with E-state index < -0.39 is 34.7 Å². The molecule has 148 valence electrons. The third-order valence-corrected chi connectivity index (χ3v) is 3.30. The molecule has 1 heterocycles. The SMILES string of the molecule is NCCO.O=C(O)c1[nH]c(=O)[nH]c(=O)c1CCc1cccc(C(F)(F)F)c1. The van der Waals surface area contributed by atoms with Gasteiger partial charge in [0.2, 0.25) is 0 Å². The van der Waals surface area contributed by atoms with Gasteiger partial charge in [-0.3, -0.25) is 9.78 Å². The average molecular weight is 389 g/mol. The smallest absolute Gasteiger partial charge is 0.416 e. The fourth-order valence-corrected chi connectivity index (χ4v) is 2.11. The topological polar surface area (TPSA) is 149 Å². The van der Waals surface area contributed by atoms with Crippen LogP contribution in [0.25, 0.3) is 0 Å². The Bertz CT molecular complexity index is 888. The fraction of sp³-hybridized carbons (Fsp3) is 0.312. The number of nitrogens with one attached hydrogen (secondary N) is 2. The largest absolute Gasteiger partial charge is 0.477 e. The molecule has 2 aromatic rings. The Morgan fingerprint density at radius 1 is 1.15 bits per heavy atom. The molecule has 0 unspecified atom stereocenters. The standard InChI is InChI=1S/C14H11F3N2O4.C2H7NO/c15-14(16,17)8-3-1-2-7(6-8)4-5-9-10(12(21)22)18-13(23)19-11(9)20;3-1-2-4/h1-3,6H,4-5H2,(H,21,22)(H2,18,19,20,23);4H,1-3H2. The summed E-state index contributed by atoms with van der Waals surface area (Å²) in [5.41, 5.74) is 1.64. The summed E-state index contributed by atoms with van der Waals surface area (Å²) in [7, 11) is 0. The molecular formula is C16H18F3N3O5. The van der Waals surface area contributed by atoms with Crippen LogP contribution in [-0.2, 0) is 19.0 Å². The Hall–Kier alpha value is -2.92. The molecule has 0 fully saturated rings. The summed E-state index contributed by atoms with van der Waals surface area (Å²) in [5.74, 6) is -1.49. The summed E-state index contributed by atoms with van der Waals surface area (Å²) >= 11 is 0. The van der Waals surface area contributed by atoms with Crippen molar-refractivity contribution in [1.29, 1.82) is 0 Å². The van der Waals surface area contributed by atoms with Crippen molar-refractivity contribution >= 4 is 5.97 Å². The molecule has 0 aliphatic carbocycles. The summed E-state index contributed by atoms with van der Waals surface area (Å²) in [5, 5.41) is 16.7. The lowest BCUT2D eigenvalue weighted by atomic mass is 10.0. The third kappa shape index (κ3) is 6.72. The second-order valence-corrected chi connectivity index (χ2v) is 5.28. The first kappa shape index (κ1) is 22.1. The van der Waals surface area contributed by atoms with Gasteiger partial charge in [0.05, 0.1) is 12.2 Å². The lowest BCUT2D eigenvalue weighted by Crippen LogP contribution is -2.30. The van der Waals surface area contributed by atoms with Gasteiger partial charge < -0.3 is 20.9 Å². The van der Waals surface area contributed by atoms with Crippen LogP contribution in [0.2, 0.25) is 0 Å². The van der Waals surface area contributed by atoms with E-state index in [-0.39, 0.29) is 25.0 Å². The van der Waals surface area contributed by atoms with Gasteiger partial charge in [0.25, 0.3) is 5.56 Å². The van der Waals surface area contributed by atoms with Gasteiger partial charge >= 0.3 is 17.8 Å². The minimum absolute atomic E-state index is 0.0132. The van der Waals surface area contributed by atoms with E-state index >= 15 is 0 Å². The molecule has 0 radical (unpaired) electrons. The summed E-state index contributed by atoms with van der Waals surface area (Å²) < 4.78 is 37.9. The van der Waals surface area contributed by atoms with Crippen molar-refractivity contribution in [2.24, 2.45) is 5.73 Å². The number of carbonyl (C=O) groups is 1. The number of aliphatic hydroxyl groups excluding tert-OH is 1. The number of aryl methyl sites for hydroxylation is 1. The van der Waals surface area contributed by atoms with Crippen molar-refractivity contribution in [3.8, 4) is 0 Å². The molecule has 0 spiro atoms. The summed E-state index contributed by atoms with van der Waals surface area (Å²) in [6.45, 7) is 0.472. The van der Waals surface area contributed by atoms with Gasteiger partial charge in [-0.1, -0.05) is 18.2 Å². The van der Waals surface area contributed by atoms with Gasteiger partial charge in [0.15, 0.2) is 0 Å². The van der Waals surface area contributed by atoms with Crippen molar-refractivity contribution in [1.82, 2.24) is 9.97 Å². The van der Waals surface area contributed by atoms with Crippen LogP contribution < -0.4 is 17.0 Å². The monoisotopic (exact) mass is 389 g/mol. The van der Waals surface area contributed by atoms with E-state index in [1.165, 1.54) is 12.1 Å². The van der Waals surface area contributed by atoms with E-state index in [1.807, 2.05) is 9.97 Å². The normalized spacial score (nSPS) is 10.9. The van der Waals surface area contributed by atoms with Crippen LogP contribution >= 0.6 is 0 Å². The zero-order valence-corrected chi connectivity index (χ0v) is 14.0. The van der Waals surface area contributed by atoms with Gasteiger partial charge in [-0.2, -0.15) is 13.2 Å². The molecule has 0 atom stereocenters. The lowest BCUT2D eigenvalue weighted by Gasteiger charge is -2.09. The maximum absolute atomic E-state index is 12.6. The molecule has 2 rings (SSSR count). The van der Waals surface area contributed by atoms with E-state index in [1.54, 1.807) is 0 Å². The average Bonchev–Trinajstić information content (AvgIpc) is 2.60. The number of H-pyrrole nitrogens is 2. The van der Waals surface area contributed by atoms with Crippen LogP contribution in [0.4, 0.5) is 13.2 Å². The number of rotatable bonds is 5. The Kier molecular flexibility index (Phi) is 7.94. The molecule has 6 N–H and O–H groups in total. The highest BCUT2D eigenvalue weighted by Crippen LogP contribution is 2.29. The fourth-order valence-electron chi connectivity index (χ4n) is 2.11. The lowest BCUT2D eigenvalue weighted by molar-refractivity contribution is -0.137. The number of hydrogen-bond acceptors (Lipinski definition) is 5. The first-order valence-electron chi connectivity index (χ1n) is 7.66. The third-order valence-electron chi connectivity index (χ3n) is 3.30. The van der Waals surface area contributed by atoms with Crippen LogP contribution in [0.5, 0.6) is 0 Å². The first-order valence-corrected chi connectivity index (χ1v) is 7.66. The molecule has 8 nitrogen and oxygen atoms in total. The molecule has 11 heteroatoms. The van der Waals surface area contributed by atoms with Crippen LogP contribution in [-0.4, -0.2) is 39.3 Å². The van der Waals surface area contributed by atoms with Gasteiger partial charge in [0.1, 0.15) is 5.69 Å². The van der Waals surface area contributed by atoms with E-state index in [4.69, 9.17) is 15.9 Å². The number of aromatic carboxylic acids is 1. The number of nitrogens with two attached hydrogens (primary N) is 1. The van der Waals surface area contributed by atoms with Crippen molar-refractivity contribution in [3.05, 3.63) is 67.5 Å². The van der Waals surface area contributed by atoms with Crippen molar-refractivity contribution in [2.75, 3.05) is 13.2 Å². The Labute approximate surface area is 150 Å². The van der Waals surface area contributed by atoms with E-state index in [0.29, 0.717) is 12.1 Å². The number of carboxylic acid groups (broad SMARTS) is 1. The predicted molar refractivity (Wildman–Crippen MR) is 89.6 cm³/mol. The zero-order valence-electron chi connectivity index (χ0n) is 14.0. The van der Waals surface area contributed by atoms with Crippen LogP contribution in [0.1, 0.15) is 27.2 Å². The molecule has 0 bridgehead atoms. The molecule has 0 saturated carbocycles.